The van der Waals surface area contributed by atoms with E-state index in [0.29, 0.717) is 6.61 Å². The van der Waals surface area contributed by atoms with E-state index in [9.17, 15) is 0 Å². The SMILES string of the molecule is CN(C)CCCOn1ncc2ccccc21. The zero-order valence-corrected chi connectivity index (χ0v) is 9.76. The highest BCUT2D eigenvalue weighted by atomic mass is 16.7. The second-order valence-corrected chi connectivity index (χ2v) is 4.07. The van der Waals surface area contributed by atoms with Crippen LogP contribution in [-0.2, 0) is 0 Å². The van der Waals surface area contributed by atoms with E-state index < -0.39 is 0 Å². The van der Waals surface area contributed by atoms with Crippen LogP contribution in [0.4, 0.5) is 0 Å². The Morgan fingerprint density at radius 1 is 1.31 bits per heavy atom. The molecule has 1 aromatic heterocycles. The molecule has 0 unspecified atom stereocenters. The summed E-state index contributed by atoms with van der Waals surface area (Å²) in [5.74, 6) is 0. The fraction of sp³-hybridized carbons (Fsp3) is 0.417. The van der Waals surface area contributed by atoms with Crippen LogP contribution in [-0.4, -0.2) is 42.1 Å². The van der Waals surface area contributed by atoms with Gasteiger partial charge in [0.1, 0.15) is 12.1 Å². The summed E-state index contributed by atoms with van der Waals surface area (Å²) in [6, 6.07) is 8.03. The predicted molar refractivity (Wildman–Crippen MR) is 64.4 cm³/mol. The minimum Gasteiger partial charge on any atom is -0.396 e. The maximum atomic E-state index is 5.59. The zero-order valence-electron chi connectivity index (χ0n) is 9.76. The van der Waals surface area contributed by atoms with E-state index >= 15 is 0 Å². The molecule has 0 radical (unpaired) electrons. The number of benzene rings is 1. The van der Waals surface area contributed by atoms with E-state index in [4.69, 9.17) is 4.84 Å². The van der Waals surface area contributed by atoms with Gasteiger partial charge in [0, 0.05) is 11.9 Å². The van der Waals surface area contributed by atoms with Gasteiger partial charge in [-0.1, -0.05) is 23.0 Å². The molecule has 0 saturated heterocycles. The molecule has 0 bridgehead atoms. The molecule has 2 rings (SSSR count). The quantitative estimate of drug-likeness (QED) is 0.712. The Kier molecular flexibility index (Phi) is 3.41. The molecule has 0 aliphatic rings. The fourth-order valence-corrected chi connectivity index (χ4v) is 1.58. The van der Waals surface area contributed by atoms with Gasteiger partial charge in [-0.15, -0.1) is 5.10 Å². The summed E-state index contributed by atoms with van der Waals surface area (Å²) in [6.45, 7) is 1.71. The van der Waals surface area contributed by atoms with Gasteiger partial charge in [0.15, 0.2) is 0 Å². The van der Waals surface area contributed by atoms with Crippen LogP contribution in [0.5, 0.6) is 0 Å². The number of aromatic nitrogens is 2. The van der Waals surface area contributed by atoms with Gasteiger partial charge >= 0.3 is 0 Å². The molecule has 0 fully saturated rings. The summed E-state index contributed by atoms with van der Waals surface area (Å²) in [5, 5.41) is 5.30. The molecule has 0 N–H and O–H groups in total. The molecule has 16 heavy (non-hydrogen) atoms. The van der Waals surface area contributed by atoms with Crippen molar-refractivity contribution in [1.29, 1.82) is 0 Å². The molecule has 0 atom stereocenters. The average Bonchev–Trinajstić information content (AvgIpc) is 2.68. The standard InChI is InChI=1S/C12H17N3O/c1-14(2)8-5-9-16-15-12-7-4-3-6-11(12)10-13-15/h3-4,6-7,10H,5,8-9H2,1-2H3. The first-order valence-corrected chi connectivity index (χ1v) is 5.48. The van der Waals surface area contributed by atoms with Gasteiger partial charge in [0.25, 0.3) is 0 Å². The summed E-state index contributed by atoms with van der Waals surface area (Å²) in [6.07, 6.45) is 2.82. The van der Waals surface area contributed by atoms with Crippen LogP contribution in [0.15, 0.2) is 30.5 Å². The Morgan fingerprint density at radius 3 is 2.94 bits per heavy atom. The van der Waals surface area contributed by atoms with Crippen molar-refractivity contribution in [3.63, 3.8) is 0 Å². The second-order valence-electron chi connectivity index (χ2n) is 4.07. The second kappa shape index (κ2) is 4.99. The molecule has 0 spiro atoms. The Bertz CT molecular complexity index is 450. The molecule has 4 heteroatoms. The van der Waals surface area contributed by atoms with Crippen molar-refractivity contribution in [3.8, 4) is 0 Å². The fourth-order valence-electron chi connectivity index (χ4n) is 1.58. The van der Waals surface area contributed by atoms with Crippen LogP contribution in [0, 0.1) is 0 Å². The van der Waals surface area contributed by atoms with E-state index in [1.807, 2.05) is 30.5 Å². The van der Waals surface area contributed by atoms with Crippen molar-refractivity contribution < 1.29 is 4.84 Å². The van der Waals surface area contributed by atoms with E-state index in [0.717, 1.165) is 23.9 Å². The van der Waals surface area contributed by atoms with Crippen LogP contribution in [0.2, 0.25) is 0 Å². The summed E-state index contributed by atoms with van der Waals surface area (Å²) in [5.41, 5.74) is 1.02. The number of para-hydroxylation sites is 1. The number of nitrogens with zero attached hydrogens (tertiary/aromatic N) is 3. The summed E-state index contributed by atoms with van der Waals surface area (Å²) in [4.78, 5) is 9.33. The Morgan fingerprint density at radius 2 is 2.12 bits per heavy atom. The summed E-state index contributed by atoms with van der Waals surface area (Å²) >= 11 is 0. The molecule has 1 aromatic carbocycles. The molecule has 0 saturated carbocycles. The van der Waals surface area contributed by atoms with Gasteiger partial charge in [-0.3, -0.25) is 0 Å². The normalized spacial score (nSPS) is 11.2. The highest BCUT2D eigenvalue weighted by molar-refractivity contribution is 5.77. The molecule has 2 aromatic rings. The Balaban J connectivity index is 1.94. The third-order valence-corrected chi connectivity index (χ3v) is 2.41. The Labute approximate surface area is 95.4 Å². The lowest BCUT2D eigenvalue weighted by Crippen LogP contribution is -2.19. The van der Waals surface area contributed by atoms with Crippen molar-refractivity contribution in [2.45, 2.75) is 6.42 Å². The maximum Gasteiger partial charge on any atom is 0.118 e. The molecular weight excluding hydrogens is 202 g/mol. The van der Waals surface area contributed by atoms with E-state index in [1.165, 1.54) is 0 Å². The lowest BCUT2D eigenvalue weighted by Gasteiger charge is -2.10. The first-order chi connectivity index (χ1) is 7.77. The topological polar surface area (TPSA) is 30.3 Å². The summed E-state index contributed by atoms with van der Waals surface area (Å²) < 4.78 is 0. The number of hydrogen-bond acceptors (Lipinski definition) is 3. The highest BCUT2D eigenvalue weighted by Gasteiger charge is 2.01. The largest absolute Gasteiger partial charge is 0.396 e. The smallest absolute Gasteiger partial charge is 0.118 e. The third kappa shape index (κ3) is 2.52. The first kappa shape index (κ1) is 11.0. The predicted octanol–water partition coefficient (Wildman–Crippen LogP) is 1.42. The lowest BCUT2D eigenvalue weighted by molar-refractivity contribution is 0.0862. The number of fused-ring (bicyclic) bond motifs is 1. The van der Waals surface area contributed by atoms with Crippen molar-refractivity contribution in [2.24, 2.45) is 0 Å². The summed E-state index contributed by atoms with van der Waals surface area (Å²) in [7, 11) is 4.12. The highest BCUT2D eigenvalue weighted by Crippen LogP contribution is 2.10. The van der Waals surface area contributed by atoms with Crippen molar-refractivity contribution >= 4 is 10.9 Å². The van der Waals surface area contributed by atoms with Crippen molar-refractivity contribution in [1.82, 2.24) is 14.8 Å². The van der Waals surface area contributed by atoms with Crippen LogP contribution in [0.25, 0.3) is 10.9 Å². The van der Waals surface area contributed by atoms with Crippen molar-refractivity contribution in [3.05, 3.63) is 30.5 Å². The minimum atomic E-state index is 0.684. The lowest BCUT2D eigenvalue weighted by atomic mass is 10.3. The molecular formula is C12H17N3O. The van der Waals surface area contributed by atoms with Gasteiger partial charge in [-0.2, -0.15) is 0 Å². The third-order valence-electron chi connectivity index (χ3n) is 2.41. The minimum absolute atomic E-state index is 0.684. The van der Waals surface area contributed by atoms with Crippen LogP contribution < -0.4 is 4.84 Å². The molecule has 86 valence electrons. The van der Waals surface area contributed by atoms with Gasteiger partial charge in [-0.25, -0.2) is 0 Å². The zero-order chi connectivity index (χ0) is 11.4. The Hall–Kier alpha value is -1.55. The van der Waals surface area contributed by atoms with Gasteiger partial charge < -0.3 is 9.74 Å². The van der Waals surface area contributed by atoms with E-state index in [1.54, 1.807) is 4.85 Å². The average molecular weight is 219 g/mol. The van der Waals surface area contributed by atoms with Crippen molar-refractivity contribution in [2.75, 3.05) is 27.2 Å². The van der Waals surface area contributed by atoms with Gasteiger partial charge in [-0.05, 0) is 26.6 Å². The van der Waals surface area contributed by atoms with Crippen LogP contribution in [0.3, 0.4) is 0 Å². The van der Waals surface area contributed by atoms with Crippen LogP contribution in [0.1, 0.15) is 6.42 Å². The number of rotatable bonds is 5. The molecule has 4 nitrogen and oxygen atoms in total. The van der Waals surface area contributed by atoms with E-state index in [2.05, 4.69) is 24.1 Å². The van der Waals surface area contributed by atoms with Gasteiger partial charge in [0.05, 0.1) is 6.20 Å². The maximum absolute atomic E-state index is 5.59. The molecule has 0 aliphatic carbocycles. The van der Waals surface area contributed by atoms with Gasteiger partial charge in [0.2, 0.25) is 0 Å². The molecule has 0 aliphatic heterocycles. The first-order valence-electron chi connectivity index (χ1n) is 5.48. The number of hydrogen-bond donors (Lipinski definition) is 0. The van der Waals surface area contributed by atoms with E-state index in [-0.39, 0.29) is 0 Å². The van der Waals surface area contributed by atoms with Crippen LogP contribution >= 0.6 is 0 Å². The molecule has 0 amide bonds. The molecule has 1 heterocycles. The monoisotopic (exact) mass is 219 g/mol.